The summed E-state index contributed by atoms with van der Waals surface area (Å²) in [6.07, 6.45) is 1.90. The molecule has 1 aliphatic heterocycles. The van der Waals surface area contributed by atoms with Crippen LogP contribution in [0.1, 0.15) is 5.69 Å². The Morgan fingerprint density at radius 1 is 1.10 bits per heavy atom. The number of benzene rings is 2. The SMILES string of the molecule is Cc1cnc2n1-c1ccc(Cl)cc1Nc1ccccc1-2. The molecule has 0 saturated carbocycles. The maximum atomic E-state index is 6.13. The third-order valence-corrected chi connectivity index (χ3v) is 3.81. The fourth-order valence-corrected chi connectivity index (χ4v) is 2.84. The Labute approximate surface area is 121 Å². The number of aryl methyl sites for hydroxylation is 1. The molecule has 3 nitrogen and oxygen atoms in total. The maximum Gasteiger partial charge on any atom is 0.146 e. The number of hydrogen-bond donors (Lipinski definition) is 1. The summed E-state index contributed by atoms with van der Waals surface area (Å²) in [6, 6.07) is 14.0. The van der Waals surface area contributed by atoms with Crippen LogP contribution in [0.5, 0.6) is 0 Å². The van der Waals surface area contributed by atoms with Crippen molar-refractivity contribution < 1.29 is 0 Å². The maximum absolute atomic E-state index is 6.13. The molecule has 2 aromatic carbocycles. The van der Waals surface area contributed by atoms with Crippen molar-refractivity contribution in [3.8, 4) is 17.1 Å². The smallest absolute Gasteiger partial charge is 0.146 e. The molecule has 0 aliphatic carbocycles. The minimum Gasteiger partial charge on any atom is -0.353 e. The van der Waals surface area contributed by atoms with Gasteiger partial charge in [-0.3, -0.25) is 4.57 Å². The minimum atomic E-state index is 0.718. The normalized spacial score (nSPS) is 11.9. The van der Waals surface area contributed by atoms with E-state index in [-0.39, 0.29) is 0 Å². The van der Waals surface area contributed by atoms with E-state index in [1.54, 1.807) is 0 Å². The number of anilines is 2. The van der Waals surface area contributed by atoms with E-state index in [1.807, 2.05) is 36.5 Å². The first-order valence-corrected chi connectivity index (χ1v) is 6.82. The van der Waals surface area contributed by atoms with E-state index in [0.29, 0.717) is 0 Å². The van der Waals surface area contributed by atoms with Gasteiger partial charge in [0.25, 0.3) is 0 Å². The highest BCUT2D eigenvalue weighted by molar-refractivity contribution is 6.31. The van der Waals surface area contributed by atoms with Crippen LogP contribution in [0, 0.1) is 6.92 Å². The molecule has 98 valence electrons. The van der Waals surface area contributed by atoms with E-state index in [2.05, 4.69) is 33.9 Å². The van der Waals surface area contributed by atoms with Crippen LogP contribution in [0.2, 0.25) is 5.02 Å². The quantitative estimate of drug-likeness (QED) is 0.512. The summed E-state index contributed by atoms with van der Waals surface area (Å²) in [7, 11) is 0. The molecule has 3 aromatic rings. The average molecular weight is 282 g/mol. The molecule has 20 heavy (non-hydrogen) atoms. The zero-order valence-corrected chi connectivity index (χ0v) is 11.6. The van der Waals surface area contributed by atoms with E-state index in [0.717, 1.165) is 39.2 Å². The molecular weight excluding hydrogens is 270 g/mol. The Balaban J connectivity index is 2.12. The predicted octanol–water partition coefficient (Wildman–Crippen LogP) is 4.56. The second-order valence-corrected chi connectivity index (χ2v) is 5.33. The van der Waals surface area contributed by atoms with Crippen molar-refractivity contribution in [3.63, 3.8) is 0 Å². The van der Waals surface area contributed by atoms with E-state index in [4.69, 9.17) is 11.6 Å². The lowest BCUT2D eigenvalue weighted by molar-refractivity contribution is 1.02. The van der Waals surface area contributed by atoms with Gasteiger partial charge in [-0.1, -0.05) is 23.7 Å². The first-order valence-electron chi connectivity index (χ1n) is 6.45. The lowest BCUT2D eigenvalue weighted by Gasteiger charge is -2.11. The van der Waals surface area contributed by atoms with Gasteiger partial charge < -0.3 is 5.32 Å². The molecule has 4 rings (SSSR count). The highest BCUT2D eigenvalue weighted by Gasteiger charge is 2.20. The van der Waals surface area contributed by atoms with Crippen LogP contribution < -0.4 is 5.32 Å². The Hall–Kier alpha value is -2.26. The first kappa shape index (κ1) is 11.6. The van der Waals surface area contributed by atoms with Gasteiger partial charge in [0.2, 0.25) is 0 Å². The number of rotatable bonds is 0. The standard InChI is InChI=1S/C16H12ClN3/c1-10-9-18-16-12-4-2-3-5-13(12)19-14-8-11(17)6-7-15(14)20(10)16/h2-9,19H,1H3. The van der Waals surface area contributed by atoms with Gasteiger partial charge in [0, 0.05) is 28.2 Å². The average Bonchev–Trinajstić information content (AvgIpc) is 2.75. The summed E-state index contributed by atoms with van der Waals surface area (Å²) < 4.78 is 2.16. The van der Waals surface area contributed by atoms with E-state index >= 15 is 0 Å². The van der Waals surface area contributed by atoms with Crippen LogP contribution in [0.15, 0.2) is 48.7 Å². The van der Waals surface area contributed by atoms with Gasteiger partial charge in [0.15, 0.2) is 0 Å². The third kappa shape index (κ3) is 1.57. The second kappa shape index (κ2) is 4.12. The molecule has 2 heterocycles. The molecule has 0 saturated heterocycles. The van der Waals surface area contributed by atoms with Crippen molar-refractivity contribution in [2.75, 3.05) is 5.32 Å². The molecular formula is C16H12ClN3. The second-order valence-electron chi connectivity index (χ2n) is 4.89. The molecule has 0 radical (unpaired) electrons. The van der Waals surface area contributed by atoms with Crippen molar-refractivity contribution in [3.05, 3.63) is 59.4 Å². The van der Waals surface area contributed by atoms with Crippen molar-refractivity contribution >= 4 is 23.0 Å². The van der Waals surface area contributed by atoms with E-state index < -0.39 is 0 Å². The number of hydrogen-bond acceptors (Lipinski definition) is 2. The third-order valence-electron chi connectivity index (χ3n) is 3.57. The van der Waals surface area contributed by atoms with E-state index in [9.17, 15) is 0 Å². The fourth-order valence-electron chi connectivity index (χ4n) is 2.67. The topological polar surface area (TPSA) is 29.9 Å². The van der Waals surface area contributed by atoms with Crippen LogP contribution in [0.4, 0.5) is 11.4 Å². The van der Waals surface area contributed by atoms with Crippen molar-refractivity contribution in [2.45, 2.75) is 6.92 Å². The number of nitrogens with zero attached hydrogens (tertiary/aromatic N) is 2. The lowest BCUT2D eigenvalue weighted by Crippen LogP contribution is -1.99. The van der Waals surface area contributed by atoms with Gasteiger partial charge in [-0.15, -0.1) is 0 Å². The summed E-state index contributed by atoms with van der Waals surface area (Å²) in [5, 5.41) is 4.18. The molecule has 0 amide bonds. The summed E-state index contributed by atoms with van der Waals surface area (Å²) in [5.41, 5.74) is 5.29. The van der Waals surface area contributed by atoms with Gasteiger partial charge in [-0.2, -0.15) is 0 Å². The Morgan fingerprint density at radius 3 is 2.85 bits per heavy atom. The Bertz CT molecular complexity index is 820. The molecule has 1 N–H and O–H groups in total. The Morgan fingerprint density at radius 2 is 1.95 bits per heavy atom. The molecule has 1 aliphatic rings. The number of aromatic nitrogens is 2. The number of fused-ring (bicyclic) bond motifs is 5. The number of para-hydroxylation sites is 1. The van der Waals surface area contributed by atoms with E-state index in [1.165, 1.54) is 0 Å². The monoisotopic (exact) mass is 281 g/mol. The Kier molecular flexibility index (Phi) is 2.38. The van der Waals surface area contributed by atoms with Gasteiger partial charge in [-0.05, 0) is 37.3 Å². The molecule has 1 aromatic heterocycles. The summed E-state index contributed by atoms with van der Waals surface area (Å²) in [4.78, 5) is 4.57. The van der Waals surface area contributed by atoms with Crippen molar-refractivity contribution in [1.29, 1.82) is 0 Å². The van der Waals surface area contributed by atoms with Gasteiger partial charge in [0.05, 0.1) is 11.4 Å². The first-order chi connectivity index (χ1) is 9.74. The van der Waals surface area contributed by atoms with Crippen LogP contribution >= 0.6 is 11.6 Å². The largest absolute Gasteiger partial charge is 0.353 e. The lowest BCUT2D eigenvalue weighted by atomic mass is 10.1. The van der Waals surface area contributed by atoms with Crippen LogP contribution in [0.25, 0.3) is 17.1 Å². The summed E-state index contributed by atoms with van der Waals surface area (Å²) in [5.74, 6) is 0.951. The highest BCUT2D eigenvalue weighted by Crippen LogP contribution is 2.39. The van der Waals surface area contributed by atoms with Crippen LogP contribution in [-0.2, 0) is 0 Å². The number of halogens is 1. The van der Waals surface area contributed by atoms with Gasteiger partial charge in [-0.25, -0.2) is 4.98 Å². The highest BCUT2D eigenvalue weighted by atomic mass is 35.5. The summed E-state index contributed by atoms with van der Waals surface area (Å²) >= 11 is 6.13. The molecule has 4 heteroatoms. The van der Waals surface area contributed by atoms with Gasteiger partial charge >= 0.3 is 0 Å². The molecule has 0 spiro atoms. The number of imidazole rings is 1. The molecule has 0 atom stereocenters. The fraction of sp³-hybridized carbons (Fsp3) is 0.0625. The minimum absolute atomic E-state index is 0.718. The zero-order valence-electron chi connectivity index (χ0n) is 10.9. The summed E-state index contributed by atoms with van der Waals surface area (Å²) in [6.45, 7) is 2.06. The van der Waals surface area contributed by atoms with Crippen molar-refractivity contribution in [1.82, 2.24) is 9.55 Å². The van der Waals surface area contributed by atoms with Crippen molar-refractivity contribution in [2.24, 2.45) is 0 Å². The molecule has 0 unspecified atom stereocenters. The number of nitrogens with one attached hydrogen (secondary N) is 1. The molecule has 0 fully saturated rings. The zero-order chi connectivity index (χ0) is 13.7. The molecule has 0 bridgehead atoms. The van der Waals surface area contributed by atoms with Crippen LogP contribution in [-0.4, -0.2) is 9.55 Å². The van der Waals surface area contributed by atoms with Crippen LogP contribution in [0.3, 0.4) is 0 Å². The van der Waals surface area contributed by atoms with Gasteiger partial charge in [0.1, 0.15) is 5.82 Å². The predicted molar refractivity (Wildman–Crippen MR) is 82.0 cm³/mol.